The van der Waals surface area contributed by atoms with Gasteiger partial charge in [0.2, 0.25) is 0 Å². The third-order valence-corrected chi connectivity index (χ3v) is 4.00. The lowest BCUT2D eigenvalue weighted by molar-refractivity contribution is 1.12. The van der Waals surface area contributed by atoms with Crippen LogP contribution in [0.3, 0.4) is 0 Å². The SMILES string of the molecule is CCc1cnc2ccc(Cl)cc2c1-c1ccccc1Cl. The summed E-state index contributed by atoms with van der Waals surface area (Å²) in [5.74, 6) is 0. The van der Waals surface area contributed by atoms with E-state index in [1.165, 1.54) is 5.56 Å². The first-order valence-electron chi connectivity index (χ1n) is 6.52. The van der Waals surface area contributed by atoms with Crippen molar-refractivity contribution in [3.63, 3.8) is 0 Å². The maximum absolute atomic E-state index is 6.37. The highest BCUT2D eigenvalue weighted by atomic mass is 35.5. The van der Waals surface area contributed by atoms with E-state index in [9.17, 15) is 0 Å². The number of benzene rings is 2. The number of nitrogens with zero attached hydrogens (tertiary/aromatic N) is 1. The molecular weight excluding hydrogens is 289 g/mol. The molecule has 2 aromatic carbocycles. The molecule has 3 aromatic rings. The average Bonchev–Trinajstić information content (AvgIpc) is 2.47. The zero-order chi connectivity index (χ0) is 14.1. The second-order valence-electron chi connectivity index (χ2n) is 4.65. The maximum Gasteiger partial charge on any atom is 0.0709 e. The Hall–Kier alpha value is -1.57. The fraction of sp³-hybridized carbons (Fsp3) is 0.118. The molecule has 0 radical (unpaired) electrons. The van der Waals surface area contributed by atoms with Crippen LogP contribution in [0.2, 0.25) is 10.0 Å². The van der Waals surface area contributed by atoms with E-state index >= 15 is 0 Å². The number of halogens is 2. The summed E-state index contributed by atoms with van der Waals surface area (Å²) in [5.41, 5.74) is 4.26. The molecule has 1 aromatic heterocycles. The Morgan fingerprint density at radius 3 is 2.60 bits per heavy atom. The number of pyridine rings is 1. The van der Waals surface area contributed by atoms with Gasteiger partial charge in [0.1, 0.15) is 0 Å². The van der Waals surface area contributed by atoms with E-state index in [-0.39, 0.29) is 0 Å². The highest BCUT2D eigenvalue weighted by molar-refractivity contribution is 6.34. The van der Waals surface area contributed by atoms with Gasteiger partial charge in [0.05, 0.1) is 5.52 Å². The topological polar surface area (TPSA) is 12.9 Å². The first-order chi connectivity index (χ1) is 9.70. The van der Waals surface area contributed by atoms with Gasteiger partial charge in [0.15, 0.2) is 0 Å². The van der Waals surface area contributed by atoms with Gasteiger partial charge < -0.3 is 0 Å². The van der Waals surface area contributed by atoms with E-state index in [1.54, 1.807) is 0 Å². The van der Waals surface area contributed by atoms with Gasteiger partial charge in [-0.25, -0.2) is 0 Å². The van der Waals surface area contributed by atoms with Crippen LogP contribution in [0.15, 0.2) is 48.7 Å². The molecule has 0 aliphatic heterocycles. The number of rotatable bonds is 2. The van der Waals surface area contributed by atoms with E-state index < -0.39 is 0 Å². The van der Waals surface area contributed by atoms with Crippen molar-refractivity contribution in [3.05, 3.63) is 64.3 Å². The smallest absolute Gasteiger partial charge is 0.0709 e. The van der Waals surface area contributed by atoms with Gasteiger partial charge in [-0.3, -0.25) is 4.98 Å². The number of hydrogen-bond acceptors (Lipinski definition) is 1. The van der Waals surface area contributed by atoms with Crippen LogP contribution in [0.1, 0.15) is 12.5 Å². The van der Waals surface area contributed by atoms with Crippen LogP contribution >= 0.6 is 23.2 Å². The van der Waals surface area contributed by atoms with E-state index in [4.69, 9.17) is 23.2 Å². The van der Waals surface area contributed by atoms with Crippen LogP contribution in [0, 0.1) is 0 Å². The molecule has 0 spiro atoms. The lowest BCUT2D eigenvalue weighted by Crippen LogP contribution is -1.93. The zero-order valence-electron chi connectivity index (χ0n) is 11.0. The van der Waals surface area contributed by atoms with Crippen molar-refractivity contribution in [2.45, 2.75) is 13.3 Å². The largest absolute Gasteiger partial charge is 0.256 e. The van der Waals surface area contributed by atoms with Crippen LogP contribution in [-0.2, 0) is 6.42 Å². The lowest BCUT2D eigenvalue weighted by Gasteiger charge is -2.13. The summed E-state index contributed by atoms with van der Waals surface area (Å²) in [4.78, 5) is 4.51. The quantitative estimate of drug-likeness (QED) is 0.585. The first kappa shape index (κ1) is 13.4. The Labute approximate surface area is 128 Å². The molecule has 0 aliphatic rings. The minimum Gasteiger partial charge on any atom is -0.256 e. The first-order valence-corrected chi connectivity index (χ1v) is 7.28. The summed E-state index contributed by atoms with van der Waals surface area (Å²) in [6, 6.07) is 13.6. The van der Waals surface area contributed by atoms with Crippen molar-refractivity contribution in [1.29, 1.82) is 0 Å². The van der Waals surface area contributed by atoms with E-state index in [1.807, 2.05) is 48.7 Å². The summed E-state index contributed by atoms with van der Waals surface area (Å²) < 4.78 is 0. The predicted molar refractivity (Wildman–Crippen MR) is 86.6 cm³/mol. The molecule has 100 valence electrons. The molecule has 0 fully saturated rings. The molecule has 1 nitrogen and oxygen atoms in total. The number of fused-ring (bicyclic) bond motifs is 1. The Morgan fingerprint density at radius 1 is 1.05 bits per heavy atom. The van der Waals surface area contributed by atoms with Crippen LogP contribution in [-0.4, -0.2) is 4.98 Å². The summed E-state index contributed by atoms with van der Waals surface area (Å²) in [6.07, 6.45) is 2.82. The van der Waals surface area contributed by atoms with Gasteiger partial charge in [-0.15, -0.1) is 0 Å². The molecule has 0 unspecified atom stereocenters. The standard InChI is InChI=1S/C17H13Cl2N/c1-2-11-10-20-16-8-7-12(18)9-14(16)17(11)13-5-3-4-6-15(13)19/h3-10H,2H2,1H3. The molecule has 0 atom stereocenters. The van der Waals surface area contributed by atoms with E-state index in [0.29, 0.717) is 5.02 Å². The maximum atomic E-state index is 6.37. The lowest BCUT2D eigenvalue weighted by atomic mass is 9.95. The Kier molecular flexibility index (Phi) is 3.64. The molecule has 0 N–H and O–H groups in total. The third kappa shape index (κ3) is 2.28. The van der Waals surface area contributed by atoms with Crippen molar-refractivity contribution in [2.75, 3.05) is 0 Å². The van der Waals surface area contributed by atoms with Crippen molar-refractivity contribution < 1.29 is 0 Å². The number of hydrogen-bond donors (Lipinski definition) is 0. The van der Waals surface area contributed by atoms with Gasteiger partial charge in [0.25, 0.3) is 0 Å². The summed E-state index contributed by atoms with van der Waals surface area (Å²) in [5, 5.41) is 2.50. The van der Waals surface area contributed by atoms with Crippen LogP contribution in [0.25, 0.3) is 22.0 Å². The van der Waals surface area contributed by atoms with Crippen molar-refractivity contribution in [3.8, 4) is 11.1 Å². The molecule has 20 heavy (non-hydrogen) atoms. The van der Waals surface area contributed by atoms with Crippen molar-refractivity contribution in [2.24, 2.45) is 0 Å². The minimum atomic E-state index is 0.709. The molecule has 0 aliphatic carbocycles. The molecular formula is C17H13Cl2N. The molecule has 3 heteroatoms. The van der Waals surface area contributed by atoms with Gasteiger partial charge >= 0.3 is 0 Å². The zero-order valence-corrected chi connectivity index (χ0v) is 12.5. The molecule has 0 saturated carbocycles. The van der Waals surface area contributed by atoms with Gasteiger partial charge in [0, 0.05) is 27.2 Å². The highest BCUT2D eigenvalue weighted by Gasteiger charge is 2.12. The Balaban J connectivity index is 2.43. The van der Waals surface area contributed by atoms with Crippen molar-refractivity contribution in [1.82, 2.24) is 4.98 Å². The molecule has 0 saturated heterocycles. The molecule has 0 amide bonds. The van der Waals surface area contributed by atoms with Crippen LogP contribution < -0.4 is 0 Å². The number of aryl methyl sites for hydroxylation is 1. The van der Waals surface area contributed by atoms with Crippen LogP contribution in [0.4, 0.5) is 0 Å². The van der Waals surface area contributed by atoms with Gasteiger partial charge in [-0.1, -0.05) is 48.3 Å². The molecule has 1 heterocycles. The summed E-state index contributed by atoms with van der Waals surface area (Å²) >= 11 is 12.5. The highest BCUT2D eigenvalue weighted by Crippen LogP contribution is 2.36. The molecule has 0 bridgehead atoms. The summed E-state index contributed by atoms with van der Waals surface area (Å²) in [6.45, 7) is 2.12. The second kappa shape index (κ2) is 5.43. The Bertz CT molecular complexity index is 781. The summed E-state index contributed by atoms with van der Waals surface area (Å²) in [7, 11) is 0. The fourth-order valence-electron chi connectivity index (χ4n) is 2.46. The van der Waals surface area contributed by atoms with Gasteiger partial charge in [-0.05, 0) is 41.8 Å². The van der Waals surface area contributed by atoms with Gasteiger partial charge in [-0.2, -0.15) is 0 Å². The average molecular weight is 302 g/mol. The monoisotopic (exact) mass is 301 g/mol. The van der Waals surface area contributed by atoms with E-state index in [2.05, 4.69) is 11.9 Å². The molecule has 3 rings (SSSR count). The van der Waals surface area contributed by atoms with Crippen LogP contribution in [0.5, 0.6) is 0 Å². The number of aromatic nitrogens is 1. The predicted octanol–water partition coefficient (Wildman–Crippen LogP) is 5.77. The second-order valence-corrected chi connectivity index (χ2v) is 5.50. The minimum absolute atomic E-state index is 0.709. The van der Waals surface area contributed by atoms with Crippen molar-refractivity contribution >= 4 is 34.1 Å². The fourth-order valence-corrected chi connectivity index (χ4v) is 2.86. The Morgan fingerprint density at radius 2 is 1.85 bits per heavy atom. The third-order valence-electron chi connectivity index (χ3n) is 3.43. The normalized spacial score (nSPS) is 10.9. The van der Waals surface area contributed by atoms with E-state index in [0.717, 1.165) is 33.5 Å².